The highest BCUT2D eigenvalue weighted by molar-refractivity contribution is 5.75. The van der Waals surface area contributed by atoms with Crippen molar-refractivity contribution in [1.82, 2.24) is 5.32 Å². The molecule has 1 fully saturated rings. The van der Waals surface area contributed by atoms with Gasteiger partial charge in [0.25, 0.3) is 0 Å². The summed E-state index contributed by atoms with van der Waals surface area (Å²) in [5.74, 6) is -0.200. The van der Waals surface area contributed by atoms with Gasteiger partial charge in [-0.3, -0.25) is 4.79 Å². The van der Waals surface area contributed by atoms with Gasteiger partial charge in [0.05, 0.1) is 5.41 Å². The Labute approximate surface area is 92.3 Å². The standard InChI is InChI=1S/C12H23NO2/c1-5-12(10(14)15)6-9(7-13-8-12)11(2,3)4/h9,13H,5-8H2,1-4H3,(H,14,15)/t9-,12-/m1/s1. The molecule has 1 heterocycles. The molecule has 0 spiro atoms. The van der Waals surface area contributed by atoms with E-state index in [0.717, 1.165) is 13.0 Å². The van der Waals surface area contributed by atoms with Crippen LogP contribution in [-0.2, 0) is 4.79 Å². The van der Waals surface area contributed by atoms with Gasteiger partial charge in [-0.1, -0.05) is 27.7 Å². The summed E-state index contributed by atoms with van der Waals surface area (Å²) in [4.78, 5) is 11.3. The molecule has 3 nitrogen and oxygen atoms in total. The molecule has 0 unspecified atom stereocenters. The lowest BCUT2D eigenvalue weighted by Crippen LogP contribution is -2.51. The lowest BCUT2D eigenvalue weighted by molar-refractivity contribution is -0.152. The van der Waals surface area contributed by atoms with E-state index in [0.29, 0.717) is 18.9 Å². The second-order valence-corrected chi connectivity index (χ2v) is 5.84. The Balaban J connectivity index is 2.82. The fraction of sp³-hybridized carbons (Fsp3) is 0.917. The van der Waals surface area contributed by atoms with Crippen molar-refractivity contribution < 1.29 is 9.90 Å². The van der Waals surface area contributed by atoms with Crippen molar-refractivity contribution in [2.75, 3.05) is 13.1 Å². The molecule has 1 saturated heterocycles. The minimum absolute atomic E-state index is 0.184. The number of carboxylic acid groups (broad SMARTS) is 1. The molecule has 1 aliphatic heterocycles. The normalized spacial score (nSPS) is 32.7. The SMILES string of the molecule is CC[C@]1(C(=O)O)CNC[C@H](C(C)(C)C)C1. The number of rotatable bonds is 2. The Hall–Kier alpha value is -0.570. The highest BCUT2D eigenvalue weighted by Crippen LogP contribution is 2.40. The van der Waals surface area contributed by atoms with Crippen LogP contribution in [-0.4, -0.2) is 24.2 Å². The van der Waals surface area contributed by atoms with Crippen LogP contribution in [0.3, 0.4) is 0 Å². The van der Waals surface area contributed by atoms with Crippen LogP contribution >= 0.6 is 0 Å². The molecule has 0 aromatic carbocycles. The van der Waals surface area contributed by atoms with E-state index in [1.165, 1.54) is 0 Å². The minimum Gasteiger partial charge on any atom is -0.481 e. The molecular formula is C12H23NO2. The first-order valence-electron chi connectivity index (χ1n) is 5.76. The molecule has 2 atom stereocenters. The van der Waals surface area contributed by atoms with Crippen LogP contribution in [0.4, 0.5) is 0 Å². The van der Waals surface area contributed by atoms with Crippen molar-refractivity contribution in [2.45, 2.75) is 40.5 Å². The smallest absolute Gasteiger partial charge is 0.310 e. The van der Waals surface area contributed by atoms with Gasteiger partial charge in [-0.25, -0.2) is 0 Å². The maximum atomic E-state index is 11.3. The summed E-state index contributed by atoms with van der Waals surface area (Å²) in [6.45, 7) is 10.1. The number of hydrogen-bond acceptors (Lipinski definition) is 2. The van der Waals surface area contributed by atoms with Crippen LogP contribution in [0.1, 0.15) is 40.5 Å². The summed E-state index contributed by atoms with van der Waals surface area (Å²) in [5, 5.41) is 12.6. The van der Waals surface area contributed by atoms with Crippen molar-refractivity contribution in [3.8, 4) is 0 Å². The average molecular weight is 213 g/mol. The highest BCUT2D eigenvalue weighted by Gasteiger charge is 2.44. The first-order valence-corrected chi connectivity index (χ1v) is 5.76. The van der Waals surface area contributed by atoms with Gasteiger partial charge >= 0.3 is 5.97 Å². The van der Waals surface area contributed by atoms with Crippen molar-refractivity contribution in [3.63, 3.8) is 0 Å². The molecule has 1 rings (SSSR count). The van der Waals surface area contributed by atoms with E-state index in [-0.39, 0.29) is 5.41 Å². The lowest BCUT2D eigenvalue weighted by Gasteiger charge is -2.43. The van der Waals surface area contributed by atoms with Crippen LogP contribution in [0.25, 0.3) is 0 Å². The van der Waals surface area contributed by atoms with Gasteiger partial charge in [-0.05, 0) is 30.7 Å². The second kappa shape index (κ2) is 4.12. The molecule has 1 aliphatic rings. The van der Waals surface area contributed by atoms with Crippen LogP contribution in [0.2, 0.25) is 0 Å². The average Bonchev–Trinajstić information content (AvgIpc) is 2.16. The van der Waals surface area contributed by atoms with Gasteiger partial charge in [0.1, 0.15) is 0 Å². The van der Waals surface area contributed by atoms with Gasteiger partial charge in [0, 0.05) is 6.54 Å². The van der Waals surface area contributed by atoms with E-state index < -0.39 is 11.4 Å². The summed E-state index contributed by atoms with van der Waals surface area (Å²) < 4.78 is 0. The minimum atomic E-state index is -0.647. The summed E-state index contributed by atoms with van der Waals surface area (Å²) in [6.07, 6.45) is 1.51. The molecule has 2 N–H and O–H groups in total. The molecule has 0 bridgehead atoms. The van der Waals surface area contributed by atoms with E-state index in [1.54, 1.807) is 0 Å². The molecule has 0 saturated carbocycles. The molecule has 0 amide bonds. The summed E-state index contributed by atoms with van der Waals surface area (Å²) in [5.41, 5.74) is -0.362. The summed E-state index contributed by atoms with van der Waals surface area (Å²) in [7, 11) is 0. The van der Waals surface area contributed by atoms with Crippen LogP contribution in [0.15, 0.2) is 0 Å². The Bertz CT molecular complexity index is 244. The van der Waals surface area contributed by atoms with E-state index in [9.17, 15) is 9.90 Å². The number of piperidine rings is 1. The van der Waals surface area contributed by atoms with Crippen LogP contribution in [0.5, 0.6) is 0 Å². The monoisotopic (exact) mass is 213 g/mol. The van der Waals surface area contributed by atoms with E-state index >= 15 is 0 Å². The first kappa shape index (κ1) is 12.5. The molecule has 0 radical (unpaired) electrons. The predicted molar refractivity (Wildman–Crippen MR) is 60.8 cm³/mol. The van der Waals surface area contributed by atoms with Crippen molar-refractivity contribution in [3.05, 3.63) is 0 Å². The Kier molecular flexibility index (Phi) is 3.44. The quantitative estimate of drug-likeness (QED) is 0.738. The third-order valence-electron chi connectivity index (χ3n) is 3.85. The lowest BCUT2D eigenvalue weighted by atomic mass is 9.66. The topological polar surface area (TPSA) is 49.3 Å². The summed E-state index contributed by atoms with van der Waals surface area (Å²) >= 11 is 0. The number of nitrogens with one attached hydrogen (secondary N) is 1. The van der Waals surface area contributed by atoms with Crippen molar-refractivity contribution >= 4 is 5.97 Å². The molecular weight excluding hydrogens is 190 g/mol. The van der Waals surface area contributed by atoms with E-state index in [4.69, 9.17) is 0 Å². The largest absolute Gasteiger partial charge is 0.481 e. The highest BCUT2D eigenvalue weighted by atomic mass is 16.4. The number of carbonyl (C=O) groups is 1. The Morgan fingerprint density at radius 1 is 1.53 bits per heavy atom. The molecule has 3 heteroatoms. The predicted octanol–water partition coefficient (Wildman–Crippen LogP) is 2.12. The maximum absolute atomic E-state index is 11.3. The maximum Gasteiger partial charge on any atom is 0.310 e. The molecule has 15 heavy (non-hydrogen) atoms. The first-order chi connectivity index (χ1) is 6.82. The van der Waals surface area contributed by atoms with Crippen molar-refractivity contribution in [1.29, 1.82) is 0 Å². The Morgan fingerprint density at radius 3 is 2.53 bits per heavy atom. The van der Waals surface area contributed by atoms with Gasteiger partial charge < -0.3 is 10.4 Å². The van der Waals surface area contributed by atoms with E-state index in [2.05, 4.69) is 26.1 Å². The molecule has 88 valence electrons. The zero-order valence-corrected chi connectivity index (χ0v) is 10.3. The van der Waals surface area contributed by atoms with Crippen LogP contribution < -0.4 is 5.32 Å². The van der Waals surface area contributed by atoms with Crippen molar-refractivity contribution in [2.24, 2.45) is 16.7 Å². The van der Waals surface area contributed by atoms with Gasteiger partial charge in [-0.15, -0.1) is 0 Å². The van der Waals surface area contributed by atoms with E-state index in [1.807, 2.05) is 6.92 Å². The number of carboxylic acids is 1. The molecule has 0 aliphatic carbocycles. The number of hydrogen-bond donors (Lipinski definition) is 2. The zero-order valence-electron chi connectivity index (χ0n) is 10.3. The fourth-order valence-corrected chi connectivity index (χ4v) is 2.30. The third kappa shape index (κ3) is 2.51. The Morgan fingerprint density at radius 2 is 2.13 bits per heavy atom. The number of aliphatic carboxylic acids is 1. The second-order valence-electron chi connectivity index (χ2n) is 5.84. The van der Waals surface area contributed by atoms with Gasteiger partial charge in [0.15, 0.2) is 0 Å². The fourth-order valence-electron chi connectivity index (χ4n) is 2.30. The van der Waals surface area contributed by atoms with Crippen LogP contribution in [0, 0.1) is 16.7 Å². The zero-order chi connectivity index (χ0) is 11.7. The third-order valence-corrected chi connectivity index (χ3v) is 3.85. The molecule has 0 aromatic heterocycles. The summed E-state index contributed by atoms with van der Waals surface area (Å²) in [6, 6.07) is 0. The van der Waals surface area contributed by atoms with Gasteiger partial charge in [0.2, 0.25) is 0 Å². The van der Waals surface area contributed by atoms with Gasteiger partial charge in [-0.2, -0.15) is 0 Å². The molecule has 0 aromatic rings.